The van der Waals surface area contributed by atoms with E-state index in [0.717, 1.165) is 16.0 Å². The van der Waals surface area contributed by atoms with Crippen LogP contribution in [0.1, 0.15) is 0 Å². The van der Waals surface area contributed by atoms with Gasteiger partial charge in [0.2, 0.25) is 5.28 Å². The van der Waals surface area contributed by atoms with Gasteiger partial charge >= 0.3 is 0 Å². The second-order valence-corrected chi connectivity index (χ2v) is 6.57. The predicted octanol–water partition coefficient (Wildman–Crippen LogP) is 2.54. The molecule has 0 saturated heterocycles. The van der Waals surface area contributed by atoms with E-state index in [1.807, 2.05) is 0 Å². The SMILES string of the molecule is O=S(=O)(Nc1ccc(I)cc1)c1cnc(Cl)nc1. The standard InChI is InChI=1S/C10H7ClIN3O2S/c11-10-13-5-9(6-14-10)18(16,17)15-8-3-1-7(12)2-4-8/h1-6,15H. The molecule has 8 heteroatoms. The lowest BCUT2D eigenvalue weighted by atomic mass is 10.3. The Hall–Kier alpha value is -0.930. The van der Waals surface area contributed by atoms with Gasteiger partial charge in [-0.15, -0.1) is 0 Å². The van der Waals surface area contributed by atoms with E-state index in [0.29, 0.717) is 5.69 Å². The first-order valence-electron chi connectivity index (χ1n) is 4.73. The van der Waals surface area contributed by atoms with E-state index in [2.05, 4.69) is 37.3 Å². The molecular formula is C10H7ClIN3O2S. The van der Waals surface area contributed by atoms with Gasteiger partial charge in [0.1, 0.15) is 4.90 Å². The van der Waals surface area contributed by atoms with Gasteiger partial charge in [0.15, 0.2) is 0 Å². The maximum Gasteiger partial charge on any atom is 0.264 e. The topological polar surface area (TPSA) is 72.0 Å². The largest absolute Gasteiger partial charge is 0.280 e. The first kappa shape index (κ1) is 13.5. The minimum Gasteiger partial charge on any atom is -0.280 e. The van der Waals surface area contributed by atoms with Crippen molar-refractivity contribution in [1.29, 1.82) is 0 Å². The van der Waals surface area contributed by atoms with E-state index in [1.54, 1.807) is 24.3 Å². The zero-order valence-electron chi connectivity index (χ0n) is 8.84. The Labute approximate surface area is 123 Å². The minimum absolute atomic E-state index is 0.00298. The van der Waals surface area contributed by atoms with Gasteiger partial charge in [-0.2, -0.15) is 0 Å². The summed E-state index contributed by atoms with van der Waals surface area (Å²) in [5.41, 5.74) is 0.477. The first-order chi connectivity index (χ1) is 8.47. The molecule has 1 aromatic heterocycles. The van der Waals surface area contributed by atoms with Gasteiger partial charge in [0.25, 0.3) is 10.0 Å². The highest BCUT2D eigenvalue weighted by atomic mass is 127. The number of hydrogen-bond donors (Lipinski definition) is 1. The summed E-state index contributed by atoms with van der Waals surface area (Å²) >= 11 is 7.64. The number of anilines is 1. The van der Waals surface area contributed by atoms with Gasteiger partial charge in [0, 0.05) is 9.26 Å². The van der Waals surface area contributed by atoms with Crippen molar-refractivity contribution in [3.05, 3.63) is 45.5 Å². The lowest BCUT2D eigenvalue weighted by Gasteiger charge is -2.07. The number of rotatable bonds is 3. The van der Waals surface area contributed by atoms with Crippen molar-refractivity contribution >= 4 is 49.9 Å². The van der Waals surface area contributed by atoms with E-state index >= 15 is 0 Å². The maximum atomic E-state index is 12.0. The van der Waals surface area contributed by atoms with Crippen LogP contribution in [0.4, 0.5) is 5.69 Å². The maximum absolute atomic E-state index is 12.0. The summed E-state index contributed by atoms with van der Waals surface area (Å²) in [7, 11) is -3.68. The van der Waals surface area contributed by atoms with Crippen LogP contribution >= 0.6 is 34.2 Å². The van der Waals surface area contributed by atoms with Crippen LogP contribution in [0.25, 0.3) is 0 Å². The molecule has 0 aliphatic rings. The minimum atomic E-state index is -3.68. The number of aromatic nitrogens is 2. The number of benzene rings is 1. The molecule has 18 heavy (non-hydrogen) atoms. The second kappa shape index (κ2) is 5.37. The van der Waals surface area contributed by atoms with Gasteiger partial charge in [-0.05, 0) is 58.5 Å². The summed E-state index contributed by atoms with van der Waals surface area (Å²) in [5.74, 6) is 0. The molecule has 0 atom stereocenters. The zero-order chi connectivity index (χ0) is 13.2. The summed E-state index contributed by atoms with van der Waals surface area (Å²) in [4.78, 5) is 7.23. The van der Waals surface area contributed by atoms with Crippen LogP contribution in [0, 0.1) is 3.57 Å². The Morgan fingerprint density at radius 1 is 1.11 bits per heavy atom. The highest BCUT2D eigenvalue weighted by Crippen LogP contribution is 2.16. The van der Waals surface area contributed by atoms with Crippen LogP contribution in [0.5, 0.6) is 0 Å². The van der Waals surface area contributed by atoms with Gasteiger partial charge in [-0.25, -0.2) is 18.4 Å². The van der Waals surface area contributed by atoms with E-state index in [9.17, 15) is 8.42 Å². The van der Waals surface area contributed by atoms with Gasteiger partial charge < -0.3 is 0 Å². The van der Waals surface area contributed by atoms with E-state index in [1.165, 1.54) is 0 Å². The lowest BCUT2D eigenvalue weighted by Crippen LogP contribution is -2.13. The highest BCUT2D eigenvalue weighted by Gasteiger charge is 2.15. The number of halogens is 2. The molecule has 1 N–H and O–H groups in total. The van der Waals surface area contributed by atoms with Crippen LogP contribution in [0.2, 0.25) is 5.28 Å². The number of nitrogens with one attached hydrogen (secondary N) is 1. The van der Waals surface area contributed by atoms with Crippen LogP contribution < -0.4 is 4.72 Å². The number of hydrogen-bond acceptors (Lipinski definition) is 4. The predicted molar refractivity (Wildman–Crippen MR) is 77.0 cm³/mol. The molecule has 5 nitrogen and oxygen atoms in total. The third-order valence-electron chi connectivity index (χ3n) is 2.00. The summed E-state index contributed by atoms with van der Waals surface area (Å²) in [5, 5.41) is 0.00298. The molecular weight excluding hydrogens is 389 g/mol. The molecule has 94 valence electrons. The Morgan fingerprint density at radius 2 is 1.67 bits per heavy atom. The lowest BCUT2D eigenvalue weighted by molar-refractivity contribution is 0.600. The van der Waals surface area contributed by atoms with E-state index < -0.39 is 10.0 Å². The van der Waals surface area contributed by atoms with Crippen molar-refractivity contribution < 1.29 is 8.42 Å². The monoisotopic (exact) mass is 395 g/mol. The smallest absolute Gasteiger partial charge is 0.264 e. The third-order valence-corrected chi connectivity index (χ3v) is 4.25. The highest BCUT2D eigenvalue weighted by molar-refractivity contribution is 14.1. The molecule has 2 rings (SSSR count). The van der Waals surface area contributed by atoms with Gasteiger partial charge in [0.05, 0.1) is 12.4 Å². The van der Waals surface area contributed by atoms with Crippen molar-refractivity contribution in [2.75, 3.05) is 4.72 Å². The van der Waals surface area contributed by atoms with Crippen molar-refractivity contribution in [2.45, 2.75) is 4.90 Å². The molecule has 0 unspecified atom stereocenters. The summed E-state index contributed by atoms with van der Waals surface area (Å²) in [6.45, 7) is 0. The van der Waals surface area contributed by atoms with Crippen LogP contribution in [0.3, 0.4) is 0 Å². The molecule has 1 heterocycles. The van der Waals surface area contributed by atoms with Gasteiger partial charge in [-0.1, -0.05) is 0 Å². The fourth-order valence-electron chi connectivity index (χ4n) is 1.17. The van der Waals surface area contributed by atoms with E-state index in [4.69, 9.17) is 11.6 Å². The van der Waals surface area contributed by atoms with Crippen molar-refractivity contribution in [3.63, 3.8) is 0 Å². The molecule has 0 saturated carbocycles. The van der Waals surface area contributed by atoms with Crippen LogP contribution in [-0.4, -0.2) is 18.4 Å². The number of sulfonamides is 1. The van der Waals surface area contributed by atoms with Crippen molar-refractivity contribution in [3.8, 4) is 0 Å². The van der Waals surface area contributed by atoms with E-state index in [-0.39, 0.29) is 10.2 Å². The molecule has 0 amide bonds. The molecule has 0 aliphatic carbocycles. The Balaban J connectivity index is 2.27. The molecule has 0 aliphatic heterocycles. The average molecular weight is 396 g/mol. The average Bonchev–Trinajstić information content (AvgIpc) is 2.32. The second-order valence-electron chi connectivity index (χ2n) is 3.30. The van der Waals surface area contributed by atoms with Crippen molar-refractivity contribution in [2.24, 2.45) is 0 Å². The van der Waals surface area contributed by atoms with Crippen LogP contribution in [0.15, 0.2) is 41.6 Å². The third kappa shape index (κ3) is 3.30. The van der Waals surface area contributed by atoms with Crippen LogP contribution in [-0.2, 0) is 10.0 Å². The zero-order valence-corrected chi connectivity index (χ0v) is 12.6. The molecule has 0 radical (unpaired) electrons. The first-order valence-corrected chi connectivity index (χ1v) is 7.67. The fraction of sp³-hybridized carbons (Fsp3) is 0. The molecule has 1 aromatic carbocycles. The Morgan fingerprint density at radius 3 is 2.22 bits per heavy atom. The number of nitrogens with zero attached hydrogens (tertiary/aromatic N) is 2. The summed E-state index contributed by atoms with van der Waals surface area (Å²) in [6.07, 6.45) is 2.31. The summed E-state index contributed by atoms with van der Waals surface area (Å²) < 4.78 is 27.4. The van der Waals surface area contributed by atoms with Gasteiger partial charge in [-0.3, -0.25) is 4.72 Å². The quantitative estimate of drug-likeness (QED) is 0.640. The fourth-order valence-corrected chi connectivity index (χ4v) is 2.58. The summed E-state index contributed by atoms with van der Waals surface area (Å²) in [6, 6.07) is 6.96. The Bertz CT molecular complexity index is 644. The molecule has 2 aromatic rings. The molecule has 0 spiro atoms. The normalized spacial score (nSPS) is 11.2. The Kier molecular flexibility index (Phi) is 4.03. The molecule has 0 bridgehead atoms. The molecule has 0 fully saturated rings. The van der Waals surface area contributed by atoms with Crippen molar-refractivity contribution in [1.82, 2.24) is 9.97 Å².